The smallest absolute Gasteiger partial charge is 0.244 e. The molecule has 1 aliphatic heterocycles. The highest BCUT2D eigenvalue weighted by atomic mass is 16.2. The minimum Gasteiger partial charge on any atom is -0.323 e. The third-order valence-electron chi connectivity index (χ3n) is 2.84. The monoisotopic (exact) mass is 247 g/mol. The third kappa shape index (κ3) is 2.68. The summed E-state index contributed by atoms with van der Waals surface area (Å²) in [5.41, 5.74) is 1.48. The van der Waals surface area contributed by atoms with Crippen molar-refractivity contribution in [3.63, 3.8) is 0 Å². The van der Waals surface area contributed by atoms with Crippen molar-refractivity contribution in [1.82, 2.24) is 5.32 Å². The summed E-state index contributed by atoms with van der Waals surface area (Å²) in [5.74, 6) is -0.177. The number of hydrogen-bond donors (Lipinski definition) is 2. The van der Waals surface area contributed by atoms with Gasteiger partial charge in [-0.25, -0.2) is 0 Å². The molecule has 0 aromatic heterocycles. The molecule has 0 fully saturated rings. The molecule has 0 spiro atoms. The van der Waals surface area contributed by atoms with Crippen molar-refractivity contribution in [3.8, 4) is 0 Å². The van der Waals surface area contributed by atoms with Gasteiger partial charge in [-0.3, -0.25) is 9.59 Å². The maximum Gasteiger partial charge on any atom is 0.244 e. The van der Waals surface area contributed by atoms with E-state index >= 15 is 0 Å². The Bertz CT molecular complexity index is 459. The van der Waals surface area contributed by atoms with Crippen molar-refractivity contribution in [2.45, 2.75) is 13.3 Å². The largest absolute Gasteiger partial charge is 0.323 e. The summed E-state index contributed by atoms with van der Waals surface area (Å²) in [5, 5.41) is 5.87. The molecule has 2 amide bonds. The Labute approximate surface area is 106 Å². The van der Waals surface area contributed by atoms with E-state index in [-0.39, 0.29) is 18.4 Å². The number of anilines is 2. The van der Waals surface area contributed by atoms with E-state index in [1.807, 2.05) is 25.1 Å². The number of nitrogens with one attached hydrogen (secondary N) is 2. The first kappa shape index (κ1) is 12.6. The van der Waals surface area contributed by atoms with Crippen molar-refractivity contribution >= 4 is 23.2 Å². The van der Waals surface area contributed by atoms with Gasteiger partial charge < -0.3 is 15.5 Å². The molecule has 0 unspecified atom stereocenters. The molecule has 5 nitrogen and oxygen atoms in total. The van der Waals surface area contributed by atoms with Crippen LogP contribution in [0.25, 0.3) is 0 Å². The number of para-hydroxylation sites is 2. The van der Waals surface area contributed by atoms with Gasteiger partial charge in [-0.1, -0.05) is 19.1 Å². The number of hydrogen-bond acceptors (Lipinski definition) is 3. The van der Waals surface area contributed by atoms with Crippen LogP contribution in [0.15, 0.2) is 24.3 Å². The summed E-state index contributed by atoms with van der Waals surface area (Å²) in [6.07, 6.45) is 0.398. The molecule has 0 saturated heterocycles. The number of carbonyl (C=O) groups is 2. The summed E-state index contributed by atoms with van der Waals surface area (Å²) in [6.45, 7) is 3.57. The van der Waals surface area contributed by atoms with Crippen LogP contribution in [-0.2, 0) is 9.59 Å². The Morgan fingerprint density at radius 3 is 3.00 bits per heavy atom. The highest BCUT2D eigenvalue weighted by Gasteiger charge is 2.25. The van der Waals surface area contributed by atoms with Gasteiger partial charge in [0.2, 0.25) is 11.8 Å². The van der Waals surface area contributed by atoms with E-state index in [0.717, 1.165) is 12.2 Å². The number of nitrogens with zero attached hydrogens (tertiary/aromatic N) is 1. The first-order valence-electron chi connectivity index (χ1n) is 6.12. The molecule has 0 atom stereocenters. The maximum absolute atomic E-state index is 12.1. The van der Waals surface area contributed by atoms with Gasteiger partial charge in [0.1, 0.15) is 6.54 Å². The molecular formula is C13H17N3O2. The minimum atomic E-state index is -0.148. The standard InChI is InChI=1S/C13H17N3O2/c1-2-14-8-7-13(18)16-9-12(17)15-10-5-3-4-6-11(10)16/h3-6,14H,2,7-9H2,1H3,(H,15,17). The van der Waals surface area contributed by atoms with Gasteiger partial charge in [0.05, 0.1) is 11.4 Å². The Morgan fingerprint density at radius 2 is 2.22 bits per heavy atom. The molecule has 1 aromatic rings. The van der Waals surface area contributed by atoms with E-state index < -0.39 is 0 Å². The van der Waals surface area contributed by atoms with Gasteiger partial charge in [0, 0.05) is 13.0 Å². The van der Waals surface area contributed by atoms with Crippen molar-refractivity contribution in [2.75, 3.05) is 29.9 Å². The normalized spacial score (nSPS) is 14.1. The van der Waals surface area contributed by atoms with Crippen molar-refractivity contribution in [1.29, 1.82) is 0 Å². The van der Waals surface area contributed by atoms with Gasteiger partial charge >= 0.3 is 0 Å². The average molecular weight is 247 g/mol. The number of rotatable bonds is 4. The molecule has 1 aromatic carbocycles. The van der Waals surface area contributed by atoms with Crippen LogP contribution in [0.1, 0.15) is 13.3 Å². The second-order valence-corrected chi connectivity index (χ2v) is 4.15. The summed E-state index contributed by atoms with van der Waals surface area (Å²) < 4.78 is 0. The lowest BCUT2D eigenvalue weighted by Crippen LogP contribution is -2.42. The van der Waals surface area contributed by atoms with Crippen LogP contribution in [0, 0.1) is 0 Å². The van der Waals surface area contributed by atoms with Crippen molar-refractivity contribution < 1.29 is 9.59 Å². The molecule has 18 heavy (non-hydrogen) atoms. The summed E-state index contributed by atoms with van der Waals surface area (Å²) in [6, 6.07) is 7.35. The minimum absolute atomic E-state index is 0.0294. The van der Waals surface area contributed by atoms with Crippen LogP contribution in [0.4, 0.5) is 11.4 Å². The average Bonchev–Trinajstić information content (AvgIpc) is 2.38. The van der Waals surface area contributed by atoms with Gasteiger partial charge in [-0.15, -0.1) is 0 Å². The number of carbonyl (C=O) groups excluding carboxylic acids is 2. The van der Waals surface area contributed by atoms with Gasteiger partial charge in [-0.05, 0) is 18.7 Å². The molecular weight excluding hydrogens is 230 g/mol. The van der Waals surface area contributed by atoms with Crippen LogP contribution in [0.2, 0.25) is 0 Å². The zero-order valence-corrected chi connectivity index (χ0v) is 10.4. The predicted molar refractivity (Wildman–Crippen MR) is 70.6 cm³/mol. The van der Waals surface area contributed by atoms with E-state index in [1.54, 1.807) is 11.0 Å². The van der Waals surface area contributed by atoms with Crippen LogP contribution in [0.3, 0.4) is 0 Å². The first-order chi connectivity index (χ1) is 8.72. The third-order valence-corrected chi connectivity index (χ3v) is 2.84. The Balaban J connectivity index is 2.13. The number of amides is 2. The van der Waals surface area contributed by atoms with E-state index in [9.17, 15) is 9.59 Å². The van der Waals surface area contributed by atoms with Gasteiger partial charge in [0.25, 0.3) is 0 Å². The molecule has 2 rings (SSSR count). The first-order valence-corrected chi connectivity index (χ1v) is 6.12. The predicted octanol–water partition coefficient (Wildman–Crippen LogP) is 0.971. The molecule has 2 N–H and O–H groups in total. The lowest BCUT2D eigenvalue weighted by molar-refractivity contribution is -0.121. The van der Waals surface area contributed by atoms with E-state index in [4.69, 9.17) is 0 Å². The molecule has 96 valence electrons. The molecule has 0 bridgehead atoms. The molecule has 0 saturated carbocycles. The highest BCUT2D eigenvalue weighted by Crippen LogP contribution is 2.29. The fourth-order valence-electron chi connectivity index (χ4n) is 1.96. The lowest BCUT2D eigenvalue weighted by atomic mass is 10.2. The quantitative estimate of drug-likeness (QED) is 0.779. The molecule has 1 aliphatic rings. The SMILES string of the molecule is CCNCCC(=O)N1CC(=O)Nc2ccccc21. The van der Waals surface area contributed by atoms with Crippen LogP contribution >= 0.6 is 0 Å². The van der Waals surface area contributed by atoms with Crippen LogP contribution in [-0.4, -0.2) is 31.4 Å². The van der Waals surface area contributed by atoms with Gasteiger partial charge in [-0.2, -0.15) is 0 Å². The van der Waals surface area contributed by atoms with Crippen LogP contribution < -0.4 is 15.5 Å². The highest BCUT2D eigenvalue weighted by molar-refractivity contribution is 6.09. The lowest BCUT2D eigenvalue weighted by Gasteiger charge is -2.29. The van der Waals surface area contributed by atoms with Gasteiger partial charge in [0.15, 0.2) is 0 Å². The Morgan fingerprint density at radius 1 is 1.44 bits per heavy atom. The number of fused-ring (bicyclic) bond motifs is 1. The van der Waals surface area contributed by atoms with Crippen molar-refractivity contribution in [2.24, 2.45) is 0 Å². The summed E-state index contributed by atoms with van der Waals surface area (Å²) in [4.78, 5) is 25.2. The van der Waals surface area contributed by atoms with E-state index in [1.165, 1.54) is 0 Å². The maximum atomic E-state index is 12.1. The van der Waals surface area contributed by atoms with Crippen LogP contribution in [0.5, 0.6) is 0 Å². The topological polar surface area (TPSA) is 61.4 Å². The zero-order valence-electron chi connectivity index (χ0n) is 10.4. The Hall–Kier alpha value is -1.88. The Kier molecular flexibility index (Phi) is 3.94. The molecule has 5 heteroatoms. The summed E-state index contributed by atoms with van der Waals surface area (Å²) >= 11 is 0. The summed E-state index contributed by atoms with van der Waals surface area (Å²) in [7, 11) is 0. The molecule has 1 heterocycles. The number of benzene rings is 1. The second kappa shape index (κ2) is 5.64. The fourth-order valence-corrected chi connectivity index (χ4v) is 1.96. The van der Waals surface area contributed by atoms with Crippen molar-refractivity contribution in [3.05, 3.63) is 24.3 Å². The molecule has 0 aliphatic carbocycles. The zero-order chi connectivity index (χ0) is 13.0. The second-order valence-electron chi connectivity index (χ2n) is 4.15. The fraction of sp³-hybridized carbons (Fsp3) is 0.385. The molecule has 0 radical (unpaired) electrons. The van der Waals surface area contributed by atoms with E-state index in [0.29, 0.717) is 18.7 Å². The van der Waals surface area contributed by atoms with E-state index in [2.05, 4.69) is 10.6 Å².